The van der Waals surface area contributed by atoms with Crippen molar-refractivity contribution >= 4 is 5.91 Å². The van der Waals surface area contributed by atoms with Crippen LogP contribution in [0.5, 0.6) is 11.5 Å². The molecule has 0 spiro atoms. The maximum atomic E-state index is 11.5. The van der Waals surface area contributed by atoms with Crippen LogP contribution in [0.15, 0.2) is 36.5 Å². The standard InChI is InChI=1S/C15H16N3O3/c1-9-6-13(20)11(7-17-9)8-18-14(15(16)21)10-2-4-12(19)5-3-10/h2-7,14,16,18-19H,8H2,1H3,(H,17,20). The van der Waals surface area contributed by atoms with Crippen LogP contribution >= 0.6 is 0 Å². The van der Waals surface area contributed by atoms with Crippen LogP contribution in [0.3, 0.4) is 0 Å². The van der Waals surface area contributed by atoms with Crippen LogP contribution in [0.1, 0.15) is 22.9 Å². The number of aromatic hydroxyl groups is 2. The zero-order valence-corrected chi connectivity index (χ0v) is 11.5. The van der Waals surface area contributed by atoms with Gasteiger partial charge in [0.25, 0.3) is 5.91 Å². The molecule has 1 amide bonds. The predicted molar refractivity (Wildman–Crippen MR) is 76.4 cm³/mol. The highest BCUT2D eigenvalue weighted by molar-refractivity contribution is 5.80. The molecule has 1 atom stereocenters. The zero-order valence-electron chi connectivity index (χ0n) is 11.5. The van der Waals surface area contributed by atoms with Crippen LogP contribution in [-0.4, -0.2) is 21.1 Å². The third-order valence-corrected chi connectivity index (χ3v) is 3.08. The highest BCUT2D eigenvalue weighted by atomic mass is 16.3. The van der Waals surface area contributed by atoms with Crippen molar-refractivity contribution in [2.24, 2.45) is 0 Å². The number of hydrogen-bond donors (Lipinski definition) is 3. The summed E-state index contributed by atoms with van der Waals surface area (Å²) in [6, 6.07) is 6.77. The van der Waals surface area contributed by atoms with Crippen LogP contribution in [0.2, 0.25) is 0 Å². The SMILES string of the molecule is Cc1cc(O)c(CNC(C([NH])=O)c2ccc(O)cc2)cn1. The maximum absolute atomic E-state index is 11.5. The third-order valence-electron chi connectivity index (χ3n) is 3.08. The fourth-order valence-corrected chi connectivity index (χ4v) is 1.95. The van der Waals surface area contributed by atoms with Crippen LogP contribution in [0, 0.1) is 6.92 Å². The lowest BCUT2D eigenvalue weighted by Crippen LogP contribution is -2.29. The van der Waals surface area contributed by atoms with Crippen LogP contribution in [-0.2, 0) is 11.3 Å². The van der Waals surface area contributed by atoms with E-state index in [2.05, 4.69) is 10.3 Å². The lowest BCUT2D eigenvalue weighted by Gasteiger charge is -2.16. The topological polar surface area (TPSA) is 106 Å². The molecule has 1 radical (unpaired) electrons. The van der Waals surface area contributed by atoms with Gasteiger partial charge >= 0.3 is 0 Å². The van der Waals surface area contributed by atoms with Gasteiger partial charge < -0.3 is 10.2 Å². The lowest BCUT2D eigenvalue weighted by atomic mass is 10.1. The van der Waals surface area contributed by atoms with E-state index < -0.39 is 11.9 Å². The van der Waals surface area contributed by atoms with E-state index in [1.54, 1.807) is 19.1 Å². The summed E-state index contributed by atoms with van der Waals surface area (Å²) < 4.78 is 0. The Morgan fingerprint density at radius 1 is 1.33 bits per heavy atom. The second kappa shape index (κ2) is 6.23. The summed E-state index contributed by atoms with van der Waals surface area (Å²) in [4.78, 5) is 15.5. The third kappa shape index (κ3) is 3.70. The van der Waals surface area contributed by atoms with Crippen molar-refractivity contribution in [1.82, 2.24) is 16.0 Å². The summed E-state index contributed by atoms with van der Waals surface area (Å²) >= 11 is 0. The number of benzene rings is 1. The van der Waals surface area contributed by atoms with Crippen molar-refractivity contribution in [3.8, 4) is 11.5 Å². The van der Waals surface area contributed by atoms with Gasteiger partial charge in [0.2, 0.25) is 0 Å². The molecule has 6 nitrogen and oxygen atoms in total. The molecule has 0 bridgehead atoms. The molecular weight excluding hydrogens is 270 g/mol. The number of amides is 1. The van der Waals surface area contributed by atoms with Gasteiger partial charge in [-0.15, -0.1) is 0 Å². The van der Waals surface area contributed by atoms with Gasteiger partial charge in [0.05, 0.1) is 0 Å². The highest BCUT2D eigenvalue weighted by Crippen LogP contribution is 2.20. The first-order chi connectivity index (χ1) is 9.97. The molecule has 4 N–H and O–H groups in total. The van der Waals surface area contributed by atoms with Gasteiger partial charge in [-0.25, -0.2) is 0 Å². The van der Waals surface area contributed by atoms with Crippen molar-refractivity contribution in [1.29, 1.82) is 0 Å². The number of phenols is 1. The summed E-state index contributed by atoms with van der Waals surface area (Å²) in [5.41, 5.74) is 9.16. The Morgan fingerprint density at radius 2 is 2.00 bits per heavy atom. The minimum Gasteiger partial charge on any atom is -0.508 e. The van der Waals surface area contributed by atoms with Gasteiger partial charge in [0.15, 0.2) is 0 Å². The molecule has 6 heteroatoms. The van der Waals surface area contributed by atoms with E-state index in [4.69, 9.17) is 5.73 Å². The minimum atomic E-state index is -0.827. The molecule has 1 heterocycles. The van der Waals surface area contributed by atoms with E-state index in [1.807, 2.05) is 0 Å². The normalized spacial score (nSPS) is 12.0. The van der Waals surface area contributed by atoms with Crippen molar-refractivity contribution < 1.29 is 15.0 Å². The molecule has 0 fully saturated rings. The fraction of sp³-hybridized carbons (Fsp3) is 0.200. The molecule has 1 unspecified atom stereocenters. The Kier molecular flexibility index (Phi) is 4.39. The number of pyridine rings is 1. The summed E-state index contributed by atoms with van der Waals surface area (Å²) in [5, 5.41) is 22.0. The summed E-state index contributed by atoms with van der Waals surface area (Å²) in [6.07, 6.45) is 1.53. The largest absolute Gasteiger partial charge is 0.508 e. The van der Waals surface area contributed by atoms with Crippen LogP contribution in [0.25, 0.3) is 0 Å². The van der Waals surface area contributed by atoms with Gasteiger partial charge in [-0.1, -0.05) is 12.1 Å². The Balaban J connectivity index is 2.14. The molecule has 0 saturated heterocycles. The molecule has 2 rings (SSSR count). The molecule has 0 aliphatic rings. The van der Waals surface area contributed by atoms with E-state index in [9.17, 15) is 15.0 Å². The number of aryl methyl sites for hydroxylation is 1. The van der Waals surface area contributed by atoms with E-state index in [1.165, 1.54) is 24.4 Å². The first-order valence-corrected chi connectivity index (χ1v) is 6.39. The molecule has 0 aliphatic carbocycles. The Morgan fingerprint density at radius 3 is 2.57 bits per heavy atom. The average molecular weight is 286 g/mol. The Labute approximate surface area is 122 Å². The fourth-order valence-electron chi connectivity index (χ4n) is 1.95. The minimum absolute atomic E-state index is 0.0929. The summed E-state index contributed by atoms with van der Waals surface area (Å²) in [7, 11) is 0. The van der Waals surface area contributed by atoms with Gasteiger partial charge in [-0.3, -0.25) is 20.8 Å². The van der Waals surface area contributed by atoms with Gasteiger partial charge in [0, 0.05) is 30.1 Å². The van der Waals surface area contributed by atoms with Gasteiger partial charge in [-0.2, -0.15) is 0 Å². The van der Waals surface area contributed by atoms with Crippen LogP contribution < -0.4 is 11.1 Å². The average Bonchev–Trinajstić information content (AvgIpc) is 2.42. The lowest BCUT2D eigenvalue weighted by molar-refractivity contribution is -0.120. The number of nitrogens with zero attached hydrogens (tertiary/aromatic N) is 1. The number of rotatable bonds is 5. The second-order valence-corrected chi connectivity index (χ2v) is 4.72. The molecule has 1 aromatic carbocycles. The van der Waals surface area contributed by atoms with E-state index in [0.717, 1.165) is 0 Å². The van der Waals surface area contributed by atoms with E-state index in [-0.39, 0.29) is 18.0 Å². The second-order valence-electron chi connectivity index (χ2n) is 4.72. The first-order valence-electron chi connectivity index (χ1n) is 6.39. The Hall–Kier alpha value is -2.60. The molecule has 1 aromatic heterocycles. The van der Waals surface area contributed by atoms with Gasteiger partial charge in [-0.05, 0) is 24.6 Å². The molecule has 0 saturated carbocycles. The van der Waals surface area contributed by atoms with Crippen molar-refractivity contribution in [2.45, 2.75) is 19.5 Å². The highest BCUT2D eigenvalue weighted by Gasteiger charge is 2.18. The predicted octanol–water partition coefficient (Wildman–Crippen LogP) is 1.44. The molecule has 0 aliphatic heterocycles. The molecule has 21 heavy (non-hydrogen) atoms. The van der Waals surface area contributed by atoms with Gasteiger partial charge in [0.1, 0.15) is 17.5 Å². The molecule has 109 valence electrons. The monoisotopic (exact) mass is 286 g/mol. The number of nitrogens with one attached hydrogen (secondary N) is 2. The van der Waals surface area contributed by atoms with Crippen LogP contribution in [0.4, 0.5) is 0 Å². The maximum Gasteiger partial charge on any atom is 0.260 e. The molecular formula is C15H16N3O3. The number of hydrogen-bond acceptors (Lipinski definition) is 5. The smallest absolute Gasteiger partial charge is 0.260 e. The summed E-state index contributed by atoms with van der Waals surface area (Å²) in [5.74, 6) is -0.604. The van der Waals surface area contributed by atoms with Crippen molar-refractivity contribution in [3.63, 3.8) is 0 Å². The van der Waals surface area contributed by atoms with E-state index in [0.29, 0.717) is 16.8 Å². The van der Waals surface area contributed by atoms with E-state index >= 15 is 0 Å². The number of carbonyl (C=O) groups is 1. The van der Waals surface area contributed by atoms with Crippen molar-refractivity contribution in [3.05, 3.63) is 53.3 Å². The quantitative estimate of drug-likeness (QED) is 0.771. The summed E-state index contributed by atoms with van der Waals surface area (Å²) in [6.45, 7) is 1.97. The Bertz CT molecular complexity index is 641. The van der Waals surface area contributed by atoms with Crippen molar-refractivity contribution in [2.75, 3.05) is 0 Å². The first kappa shape index (κ1) is 14.8. The zero-order chi connectivity index (χ0) is 15.4. The molecule has 2 aromatic rings. The number of phenolic OH excluding ortho intramolecular Hbond substituents is 1. The number of carbonyl (C=O) groups excluding carboxylic acids is 1. The number of aromatic nitrogens is 1.